The first kappa shape index (κ1) is 25.9. The summed E-state index contributed by atoms with van der Waals surface area (Å²) >= 11 is 6.11. The first-order chi connectivity index (χ1) is 17.7. The van der Waals surface area contributed by atoms with Crippen LogP contribution in [-0.2, 0) is 16.4 Å². The van der Waals surface area contributed by atoms with Gasteiger partial charge >= 0.3 is 0 Å². The smallest absolute Gasteiger partial charge is 0.211 e. The number of hydrogen-bond acceptors (Lipinski definition) is 4. The van der Waals surface area contributed by atoms with Crippen molar-refractivity contribution in [1.82, 2.24) is 9.21 Å². The van der Waals surface area contributed by atoms with Gasteiger partial charge in [0.1, 0.15) is 12.4 Å². The van der Waals surface area contributed by atoms with Crippen LogP contribution in [0.4, 0.5) is 8.78 Å². The molecule has 0 aromatic heterocycles. The number of nitrogens with zero attached hydrogens (tertiary/aromatic N) is 2. The SMILES string of the molecule is CS(=O)(=O)N1CCN(CCOc2ccc3c(c2)CC(c2ccc(F)c(F)c2)=C3c2ccc(Cl)cc2)CC1. The van der Waals surface area contributed by atoms with Crippen molar-refractivity contribution in [3.05, 3.63) is 99.6 Å². The second-order valence-electron chi connectivity index (χ2n) is 9.34. The summed E-state index contributed by atoms with van der Waals surface area (Å²) in [4.78, 5) is 2.19. The van der Waals surface area contributed by atoms with Crippen molar-refractivity contribution in [3.8, 4) is 5.75 Å². The van der Waals surface area contributed by atoms with E-state index in [2.05, 4.69) is 4.90 Å². The van der Waals surface area contributed by atoms with Crippen LogP contribution in [0.3, 0.4) is 0 Å². The second kappa shape index (κ2) is 10.5. The topological polar surface area (TPSA) is 49.9 Å². The van der Waals surface area contributed by atoms with E-state index in [9.17, 15) is 17.2 Å². The molecule has 0 bridgehead atoms. The Kier molecular flexibility index (Phi) is 7.36. The average molecular weight is 545 g/mol. The molecule has 0 atom stereocenters. The van der Waals surface area contributed by atoms with Crippen molar-refractivity contribution in [2.24, 2.45) is 0 Å². The van der Waals surface area contributed by atoms with Crippen molar-refractivity contribution in [2.75, 3.05) is 45.6 Å². The van der Waals surface area contributed by atoms with Crippen molar-refractivity contribution < 1.29 is 21.9 Å². The van der Waals surface area contributed by atoms with Crippen LogP contribution in [-0.4, -0.2) is 63.2 Å². The first-order valence-electron chi connectivity index (χ1n) is 12.1. The third-order valence-electron chi connectivity index (χ3n) is 6.89. The number of hydrogen-bond donors (Lipinski definition) is 0. The Balaban J connectivity index is 1.32. The van der Waals surface area contributed by atoms with Gasteiger partial charge in [0.05, 0.1) is 6.26 Å². The highest BCUT2D eigenvalue weighted by Crippen LogP contribution is 2.43. The van der Waals surface area contributed by atoms with Gasteiger partial charge in [0.2, 0.25) is 10.0 Å². The molecule has 0 radical (unpaired) electrons. The summed E-state index contributed by atoms with van der Waals surface area (Å²) in [6.45, 7) is 3.50. The number of rotatable bonds is 7. The molecule has 0 N–H and O–H groups in total. The quantitative estimate of drug-likeness (QED) is 0.416. The number of fused-ring (bicyclic) bond motifs is 1. The maximum atomic E-state index is 14.1. The normalized spacial score (nSPS) is 16.8. The molecule has 1 aliphatic carbocycles. The van der Waals surface area contributed by atoms with E-state index in [4.69, 9.17) is 16.3 Å². The Labute approximate surface area is 221 Å². The van der Waals surface area contributed by atoms with Crippen molar-refractivity contribution in [2.45, 2.75) is 6.42 Å². The molecule has 0 unspecified atom stereocenters. The third kappa shape index (κ3) is 5.72. The Bertz CT molecular complexity index is 1450. The van der Waals surface area contributed by atoms with Crippen LogP contribution in [0.5, 0.6) is 5.75 Å². The molecule has 194 valence electrons. The highest BCUT2D eigenvalue weighted by molar-refractivity contribution is 7.88. The molecule has 0 spiro atoms. The molecule has 1 aliphatic heterocycles. The predicted octanol–water partition coefficient (Wildman–Crippen LogP) is 5.09. The van der Waals surface area contributed by atoms with Gasteiger partial charge < -0.3 is 4.74 Å². The zero-order valence-electron chi connectivity index (χ0n) is 20.4. The molecule has 3 aromatic carbocycles. The van der Waals surface area contributed by atoms with Gasteiger partial charge in [-0.05, 0) is 76.2 Å². The molecule has 5 rings (SSSR count). The molecule has 3 aromatic rings. The Morgan fingerprint density at radius 1 is 0.892 bits per heavy atom. The molecular weight excluding hydrogens is 518 g/mol. The zero-order valence-corrected chi connectivity index (χ0v) is 22.0. The van der Waals surface area contributed by atoms with E-state index in [-0.39, 0.29) is 0 Å². The molecule has 9 heteroatoms. The lowest BCUT2D eigenvalue weighted by Gasteiger charge is -2.33. The molecule has 1 saturated heterocycles. The Hall–Kier alpha value is -2.78. The minimum Gasteiger partial charge on any atom is -0.492 e. The number of piperazine rings is 1. The van der Waals surface area contributed by atoms with Gasteiger partial charge in [-0.25, -0.2) is 17.2 Å². The average Bonchev–Trinajstić information content (AvgIpc) is 3.25. The summed E-state index contributed by atoms with van der Waals surface area (Å²) in [6, 6.07) is 17.4. The van der Waals surface area contributed by atoms with Gasteiger partial charge in [-0.2, -0.15) is 4.31 Å². The Morgan fingerprint density at radius 3 is 2.27 bits per heavy atom. The molecule has 0 amide bonds. The lowest BCUT2D eigenvalue weighted by Crippen LogP contribution is -2.49. The summed E-state index contributed by atoms with van der Waals surface area (Å²) in [7, 11) is -3.15. The molecule has 37 heavy (non-hydrogen) atoms. The first-order valence-corrected chi connectivity index (χ1v) is 14.3. The van der Waals surface area contributed by atoms with E-state index in [0.717, 1.165) is 39.7 Å². The summed E-state index contributed by atoms with van der Waals surface area (Å²) in [5.74, 6) is -1.02. The van der Waals surface area contributed by atoms with E-state index < -0.39 is 21.7 Å². The molecular formula is C28H27ClF2N2O3S. The highest BCUT2D eigenvalue weighted by atomic mass is 35.5. The second-order valence-corrected chi connectivity index (χ2v) is 11.8. The molecule has 1 heterocycles. The molecule has 2 aliphatic rings. The van der Waals surface area contributed by atoms with Crippen LogP contribution in [0.15, 0.2) is 60.7 Å². The van der Waals surface area contributed by atoms with Gasteiger partial charge in [-0.15, -0.1) is 0 Å². The molecule has 1 fully saturated rings. The number of halogens is 3. The van der Waals surface area contributed by atoms with Gasteiger partial charge in [0.15, 0.2) is 11.6 Å². The fourth-order valence-electron chi connectivity index (χ4n) is 4.95. The Morgan fingerprint density at radius 2 is 1.59 bits per heavy atom. The summed E-state index contributed by atoms with van der Waals surface area (Å²) in [5.41, 5.74) is 5.53. The largest absolute Gasteiger partial charge is 0.492 e. The van der Waals surface area contributed by atoms with Crippen LogP contribution in [0, 0.1) is 11.6 Å². The fourth-order valence-corrected chi connectivity index (χ4v) is 5.90. The molecule has 0 saturated carbocycles. The van der Waals surface area contributed by atoms with Gasteiger partial charge in [0.25, 0.3) is 0 Å². The maximum absolute atomic E-state index is 14.1. The number of allylic oxidation sites excluding steroid dienone is 1. The zero-order chi connectivity index (χ0) is 26.2. The van der Waals surface area contributed by atoms with Crippen LogP contribution >= 0.6 is 11.6 Å². The number of benzene rings is 3. The van der Waals surface area contributed by atoms with Crippen LogP contribution in [0.25, 0.3) is 11.1 Å². The van der Waals surface area contributed by atoms with Crippen molar-refractivity contribution in [3.63, 3.8) is 0 Å². The van der Waals surface area contributed by atoms with E-state index in [1.54, 1.807) is 6.07 Å². The van der Waals surface area contributed by atoms with E-state index in [1.165, 1.54) is 16.6 Å². The van der Waals surface area contributed by atoms with Crippen molar-refractivity contribution in [1.29, 1.82) is 0 Å². The minimum atomic E-state index is -3.15. The summed E-state index contributed by atoms with van der Waals surface area (Å²) < 4.78 is 58.7. The van der Waals surface area contributed by atoms with Gasteiger partial charge in [-0.1, -0.05) is 35.9 Å². The number of sulfonamides is 1. The standard InChI is InChI=1S/C28H27ClF2N2O3S/c1-37(34,35)33-12-10-32(11-13-33)14-15-36-23-7-8-24-21(16-23)17-25(20-4-9-26(30)27(31)18-20)28(24)19-2-5-22(29)6-3-19/h2-9,16,18H,10-15,17H2,1H3. The van der Waals surface area contributed by atoms with Crippen LogP contribution in [0.1, 0.15) is 22.3 Å². The third-order valence-corrected chi connectivity index (χ3v) is 8.45. The van der Waals surface area contributed by atoms with Gasteiger partial charge in [-0.3, -0.25) is 4.90 Å². The highest BCUT2D eigenvalue weighted by Gasteiger charge is 2.26. The maximum Gasteiger partial charge on any atom is 0.211 e. The number of ether oxygens (including phenoxy) is 1. The van der Waals surface area contributed by atoms with E-state index >= 15 is 0 Å². The fraction of sp³-hybridized carbons (Fsp3) is 0.286. The summed E-state index contributed by atoms with van der Waals surface area (Å²) in [5, 5.41) is 0.624. The van der Waals surface area contributed by atoms with Crippen LogP contribution < -0.4 is 4.74 Å². The lowest BCUT2D eigenvalue weighted by atomic mass is 9.94. The molecule has 5 nitrogen and oxygen atoms in total. The van der Waals surface area contributed by atoms with Crippen LogP contribution in [0.2, 0.25) is 5.02 Å². The van der Waals surface area contributed by atoms with E-state index in [1.807, 2.05) is 42.5 Å². The van der Waals surface area contributed by atoms with E-state index in [0.29, 0.717) is 56.3 Å². The lowest BCUT2D eigenvalue weighted by molar-refractivity contribution is 0.159. The predicted molar refractivity (Wildman–Crippen MR) is 142 cm³/mol. The monoisotopic (exact) mass is 544 g/mol. The van der Waals surface area contributed by atoms with Gasteiger partial charge in [0, 0.05) is 37.7 Å². The summed E-state index contributed by atoms with van der Waals surface area (Å²) in [6.07, 6.45) is 1.80. The minimum absolute atomic E-state index is 0.477. The van der Waals surface area contributed by atoms with Crippen molar-refractivity contribution >= 4 is 32.8 Å².